The number of carboxylic acids is 1. The molecule has 0 fully saturated rings. The molecule has 5 aromatic rings. The number of halogens is 3. The first-order valence-corrected chi connectivity index (χ1v) is 10.2. The van der Waals surface area contributed by atoms with Crippen LogP contribution in [-0.4, -0.2) is 30.6 Å². The van der Waals surface area contributed by atoms with Crippen LogP contribution in [0.1, 0.15) is 10.4 Å². The topological polar surface area (TPSA) is 101 Å². The predicted molar refractivity (Wildman–Crippen MR) is 114 cm³/mol. The lowest BCUT2D eigenvalue weighted by Crippen LogP contribution is -2.20. The Hall–Kier alpha value is -4.12. The first kappa shape index (κ1) is 20.8. The molecular formula is C22H11F3N4O3S. The minimum atomic E-state index is -1.58. The molecule has 0 aliphatic heterocycles. The summed E-state index contributed by atoms with van der Waals surface area (Å²) >= 11 is 0.843. The van der Waals surface area contributed by atoms with E-state index in [2.05, 4.69) is 15.0 Å². The Balaban J connectivity index is 1.75. The second-order valence-corrected chi connectivity index (χ2v) is 7.93. The summed E-state index contributed by atoms with van der Waals surface area (Å²) in [5.41, 5.74) is -0.790. The molecule has 3 heterocycles. The van der Waals surface area contributed by atoms with Gasteiger partial charge in [0.05, 0.1) is 22.1 Å². The number of pyridine rings is 2. The number of fused-ring (bicyclic) bond motifs is 2. The molecule has 0 saturated heterocycles. The fraction of sp³-hybridized carbons (Fsp3) is 0. The van der Waals surface area contributed by atoms with Crippen LogP contribution in [0.2, 0.25) is 0 Å². The van der Waals surface area contributed by atoms with Crippen molar-refractivity contribution >= 4 is 39.8 Å². The monoisotopic (exact) mass is 468 g/mol. The van der Waals surface area contributed by atoms with E-state index in [1.54, 1.807) is 24.3 Å². The van der Waals surface area contributed by atoms with Crippen LogP contribution in [0.15, 0.2) is 69.7 Å². The summed E-state index contributed by atoms with van der Waals surface area (Å²) in [7, 11) is 0. The lowest BCUT2D eigenvalue weighted by atomic mass is 10.1. The van der Waals surface area contributed by atoms with Crippen molar-refractivity contribution in [2.75, 3.05) is 0 Å². The number of aromatic carboxylic acids is 1. The number of rotatable bonds is 4. The molecule has 0 spiro atoms. The largest absolute Gasteiger partial charge is 0.477 e. The number of benzene rings is 2. The number of para-hydroxylation sites is 2. The molecule has 5 rings (SSSR count). The van der Waals surface area contributed by atoms with Crippen molar-refractivity contribution < 1.29 is 23.1 Å². The van der Waals surface area contributed by atoms with Gasteiger partial charge in [-0.25, -0.2) is 27.9 Å². The van der Waals surface area contributed by atoms with Crippen molar-refractivity contribution in [3.63, 3.8) is 0 Å². The Morgan fingerprint density at radius 3 is 2.55 bits per heavy atom. The standard InChI is InChI=1S/C22H11F3N4O3S/c23-10-5-6-17(13(24)7-10)29-9-12(21(31)32)18(30)11-8-14(25)20(28-19(11)29)33-22-26-15-3-1-2-4-16(15)27-22/h1-9H,(H,26,27)(H,31,32). The van der Waals surface area contributed by atoms with Gasteiger partial charge in [-0.05, 0) is 42.1 Å². The number of carboxylic acid groups (broad SMARTS) is 1. The van der Waals surface area contributed by atoms with Gasteiger partial charge in [-0.1, -0.05) is 12.1 Å². The number of H-pyrrole nitrogens is 1. The molecule has 33 heavy (non-hydrogen) atoms. The molecule has 11 heteroatoms. The van der Waals surface area contributed by atoms with Crippen LogP contribution >= 0.6 is 11.8 Å². The lowest BCUT2D eigenvalue weighted by molar-refractivity contribution is 0.0695. The zero-order valence-electron chi connectivity index (χ0n) is 16.3. The number of nitrogens with zero attached hydrogens (tertiary/aromatic N) is 3. The maximum atomic E-state index is 14.9. The Kier molecular flexibility index (Phi) is 4.90. The zero-order valence-corrected chi connectivity index (χ0v) is 17.2. The fourth-order valence-electron chi connectivity index (χ4n) is 3.36. The molecule has 0 aliphatic rings. The third kappa shape index (κ3) is 3.61. The van der Waals surface area contributed by atoms with Gasteiger partial charge in [0.1, 0.15) is 27.9 Å². The van der Waals surface area contributed by atoms with Gasteiger partial charge in [0.2, 0.25) is 5.43 Å². The fourth-order valence-corrected chi connectivity index (χ4v) is 4.14. The highest BCUT2D eigenvalue weighted by Crippen LogP contribution is 2.30. The number of aromatic amines is 1. The van der Waals surface area contributed by atoms with Gasteiger partial charge >= 0.3 is 5.97 Å². The lowest BCUT2D eigenvalue weighted by Gasteiger charge is -2.13. The number of imidazole rings is 1. The van der Waals surface area contributed by atoms with Crippen LogP contribution in [-0.2, 0) is 0 Å². The normalized spacial score (nSPS) is 11.4. The summed E-state index contributed by atoms with van der Waals surface area (Å²) in [6.45, 7) is 0. The van der Waals surface area contributed by atoms with E-state index < -0.39 is 34.4 Å². The number of hydrogen-bond donors (Lipinski definition) is 2. The maximum Gasteiger partial charge on any atom is 0.341 e. The van der Waals surface area contributed by atoms with E-state index in [-0.39, 0.29) is 21.7 Å². The summed E-state index contributed by atoms with van der Waals surface area (Å²) in [6, 6.07) is 10.6. The van der Waals surface area contributed by atoms with E-state index in [9.17, 15) is 27.9 Å². The van der Waals surface area contributed by atoms with Crippen LogP contribution in [0, 0.1) is 17.5 Å². The Morgan fingerprint density at radius 1 is 1.03 bits per heavy atom. The maximum absolute atomic E-state index is 14.9. The van der Waals surface area contributed by atoms with E-state index in [0.717, 1.165) is 46.2 Å². The van der Waals surface area contributed by atoms with Crippen LogP contribution in [0.25, 0.3) is 27.8 Å². The highest BCUT2D eigenvalue weighted by atomic mass is 32.2. The molecule has 0 saturated carbocycles. The first-order chi connectivity index (χ1) is 15.8. The van der Waals surface area contributed by atoms with Crippen LogP contribution in [0.3, 0.4) is 0 Å². The van der Waals surface area contributed by atoms with Crippen LogP contribution in [0.5, 0.6) is 0 Å². The molecule has 0 aliphatic carbocycles. The van der Waals surface area contributed by atoms with Crippen LogP contribution < -0.4 is 5.43 Å². The minimum absolute atomic E-state index is 0.180. The Labute approximate surface area is 186 Å². The van der Waals surface area contributed by atoms with Crippen molar-refractivity contribution in [1.82, 2.24) is 19.5 Å². The molecule has 2 aromatic carbocycles. The average Bonchev–Trinajstić information content (AvgIpc) is 3.18. The third-order valence-electron chi connectivity index (χ3n) is 4.86. The van der Waals surface area contributed by atoms with Crippen molar-refractivity contribution in [2.45, 2.75) is 10.2 Å². The molecule has 3 aromatic heterocycles. The summed E-state index contributed by atoms with van der Waals surface area (Å²) in [5, 5.41) is 9.17. The molecule has 0 unspecified atom stereocenters. The zero-order chi connectivity index (χ0) is 23.3. The quantitative estimate of drug-likeness (QED) is 0.402. The third-order valence-corrected chi connectivity index (χ3v) is 5.73. The van der Waals surface area contributed by atoms with E-state index in [1.165, 1.54) is 0 Å². The van der Waals surface area contributed by atoms with Gasteiger partial charge in [-0.2, -0.15) is 0 Å². The molecule has 0 radical (unpaired) electrons. The average molecular weight is 468 g/mol. The predicted octanol–water partition coefficient (Wildman–Crippen LogP) is 4.53. The molecule has 7 nitrogen and oxygen atoms in total. The van der Waals surface area contributed by atoms with E-state index in [0.29, 0.717) is 16.7 Å². The summed E-state index contributed by atoms with van der Waals surface area (Å²) in [4.78, 5) is 35.8. The number of carbonyl (C=O) groups is 1. The van der Waals surface area contributed by atoms with Gasteiger partial charge in [-0.15, -0.1) is 0 Å². The number of hydrogen-bond acceptors (Lipinski definition) is 5. The second kappa shape index (κ2) is 7.78. The highest BCUT2D eigenvalue weighted by molar-refractivity contribution is 7.99. The molecule has 164 valence electrons. The van der Waals surface area contributed by atoms with Crippen molar-refractivity contribution in [1.29, 1.82) is 0 Å². The van der Waals surface area contributed by atoms with Gasteiger partial charge in [0.25, 0.3) is 0 Å². The second-order valence-electron chi connectivity index (χ2n) is 6.95. The van der Waals surface area contributed by atoms with Crippen molar-refractivity contribution in [3.8, 4) is 5.69 Å². The van der Waals surface area contributed by atoms with Crippen molar-refractivity contribution in [3.05, 3.63) is 88.0 Å². The summed E-state index contributed by atoms with van der Waals surface area (Å²) in [6.07, 6.45) is 0.879. The van der Waals surface area contributed by atoms with Crippen LogP contribution in [0.4, 0.5) is 13.2 Å². The van der Waals surface area contributed by atoms with E-state index in [4.69, 9.17) is 0 Å². The SMILES string of the molecule is O=C(O)c1cn(-c2ccc(F)cc2F)c2nc(Sc3nc4ccccc4[nH]3)c(F)cc2c1=O. The van der Waals surface area contributed by atoms with E-state index >= 15 is 0 Å². The minimum Gasteiger partial charge on any atom is -0.477 e. The Morgan fingerprint density at radius 2 is 1.82 bits per heavy atom. The summed E-state index contributed by atoms with van der Waals surface area (Å²) < 4.78 is 43.8. The molecule has 0 bridgehead atoms. The van der Waals surface area contributed by atoms with Gasteiger partial charge in [-0.3, -0.25) is 9.36 Å². The molecule has 2 N–H and O–H groups in total. The van der Waals surface area contributed by atoms with Gasteiger partial charge in [0.15, 0.2) is 11.0 Å². The van der Waals surface area contributed by atoms with Gasteiger partial charge in [0, 0.05) is 12.3 Å². The highest BCUT2D eigenvalue weighted by Gasteiger charge is 2.21. The smallest absolute Gasteiger partial charge is 0.341 e. The first-order valence-electron chi connectivity index (χ1n) is 9.39. The Bertz CT molecular complexity index is 1620. The van der Waals surface area contributed by atoms with Gasteiger partial charge < -0.3 is 10.1 Å². The molecule has 0 amide bonds. The number of nitrogens with one attached hydrogen (secondary N) is 1. The van der Waals surface area contributed by atoms with Crippen molar-refractivity contribution in [2.24, 2.45) is 0 Å². The molecular weight excluding hydrogens is 457 g/mol. The summed E-state index contributed by atoms with van der Waals surface area (Å²) in [5.74, 6) is -4.34. The molecule has 0 atom stereocenters. The number of aromatic nitrogens is 4. The van der Waals surface area contributed by atoms with E-state index in [1.807, 2.05) is 0 Å².